The fourth-order valence-electron chi connectivity index (χ4n) is 2.76. The van der Waals surface area contributed by atoms with Gasteiger partial charge >= 0.3 is 0 Å². The highest BCUT2D eigenvalue weighted by molar-refractivity contribution is 5.79. The molecule has 0 amide bonds. The molecule has 116 valence electrons. The Morgan fingerprint density at radius 1 is 1.41 bits per heavy atom. The van der Waals surface area contributed by atoms with Crippen molar-refractivity contribution in [3.05, 3.63) is 47.3 Å². The molecule has 0 aliphatic heterocycles. The van der Waals surface area contributed by atoms with Crippen LogP contribution in [0.25, 0.3) is 0 Å². The van der Waals surface area contributed by atoms with Gasteiger partial charge in [0.2, 0.25) is 5.95 Å². The average molecular weight is 298 g/mol. The van der Waals surface area contributed by atoms with Gasteiger partial charge in [0.1, 0.15) is 0 Å². The number of hydrogen-bond acceptors (Lipinski definition) is 4. The van der Waals surface area contributed by atoms with Crippen LogP contribution >= 0.6 is 0 Å². The summed E-state index contributed by atoms with van der Waals surface area (Å²) in [4.78, 5) is 4.12. The number of ether oxygens (including phenoxy) is 1. The van der Waals surface area contributed by atoms with E-state index in [0.29, 0.717) is 18.7 Å². The van der Waals surface area contributed by atoms with Crippen molar-refractivity contribution in [1.82, 2.24) is 9.66 Å². The highest BCUT2D eigenvalue weighted by Crippen LogP contribution is 2.22. The third kappa shape index (κ3) is 3.74. The second-order valence-corrected chi connectivity index (χ2v) is 5.79. The van der Waals surface area contributed by atoms with Gasteiger partial charge in [0.25, 0.3) is 0 Å². The third-order valence-corrected chi connectivity index (χ3v) is 3.90. The lowest BCUT2D eigenvalue weighted by molar-refractivity contribution is 0.0457. The molecule has 1 fully saturated rings. The number of anilines is 1. The van der Waals surface area contributed by atoms with Crippen LogP contribution in [0.5, 0.6) is 0 Å². The Bertz CT molecular complexity index is 656. The molecule has 2 N–H and O–H groups in total. The largest absolute Gasteiger partial charge is 0.374 e. The maximum Gasteiger partial charge on any atom is 0.221 e. The Hall–Kier alpha value is -2.14. The number of hydrogen-bond donors (Lipinski definition) is 1. The maximum absolute atomic E-state index is 5.95. The van der Waals surface area contributed by atoms with Crippen molar-refractivity contribution in [2.75, 3.05) is 5.73 Å². The van der Waals surface area contributed by atoms with Crippen molar-refractivity contribution < 1.29 is 4.74 Å². The topological polar surface area (TPSA) is 65.4 Å². The van der Waals surface area contributed by atoms with Crippen LogP contribution in [0.2, 0.25) is 0 Å². The van der Waals surface area contributed by atoms with Gasteiger partial charge in [-0.2, -0.15) is 5.10 Å². The first-order valence-corrected chi connectivity index (χ1v) is 7.77. The van der Waals surface area contributed by atoms with Crippen molar-refractivity contribution in [1.29, 1.82) is 0 Å². The van der Waals surface area contributed by atoms with Crippen LogP contribution in [-0.4, -0.2) is 22.0 Å². The summed E-state index contributed by atoms with van der Waals surface area (Å²) in [5, 5.41) is 4.34. The molecule has 1 heterocycles. The van der Waals surface area contributed by atoms with Crippen LogP contribution in [0.4, 0.5) is 5.95 Å². The Morgan fingerprint density at radius 3 is 2.95 bits per heavy atom. The smallest absolute Gasteiger partial charge is 0.221 e. The Labute approximate surface area is 130 Å². The van der Waals surface area contributed by atoms with E-state index in [-0.39, 0.29) is 0 Å². The predicted octanol–water partition coefficient (Wildman–Crippen LogP) is 3.12. The number of rotatable bonds is 5. The quantitative estimate of drug-likeness (QED) is 0.863. The molecule has 2 aromatic rings. The van der Waals surface area contributed by atoms with E-state index in [2.05, 4.69) is 22.2 Å². The molecule has 1 saturated carbocycles. The van der Waals surface area contributed by atoms with Crippen molar-refractivity contribution in [3.8, 4) is 0 Å². The molecule has 5 nitrogen and oxygen atoms in total. The molecule has 1 aromatic heterocycles. The summed E-state index contributed by atoms with van der Waals surface area (Å²) in [6, 6.07) is 8.22. The van der Waals surface area contributed by atoms with Crippen molar-refractivity contribution in [3.63, 3.8) is 0 Å². The molecule has 0 unspecified atom stereocenters. The zero-order valence-corrected chi connectivity index (χ0v) is 12.9. The van der Waals surface area contributed by atoms with Gasteiger partial charge in [-0.25, -0.2) is 9.66 Å². The average Bonchev–Trinajstić information content (AvgIpc) is 3.13. The summed E-state index contributed by atoms with van der Waals surface area (Å²) in [7, 11) is 0. The van der Waals surface area contributed by atoms with Crippen molar-refractivity contribution in [2.45, 2.75) is 45.3 Å². The molecule has 1 aliphatic rings. The molecule has 0 bridgehead atoms. The minimum absolute atomic E-state index is 0.398. The first-order chi connectivity index (χ1) is 10.7. The van der Waals surface area contributed by atoms with Gasteiger partial charge < -0.3 is 10.5 Å². The Morgan fingerprint density at radius 2 is 2.23 bits per heavy atom. The summed E-state index contributed by atoms with van der Waals surface area (Å²) in [6.45, 7) is 2.56. The van der Waals surface area contributed by atoms with Gasteiger partial charge in [0, 0.05) is 0 Å². The number of benzene rings is 1. The number of nitrogen functional groups attached to an aromatic ring is 1. The zero-order chi connectivity index (χ0) is 15.4. The van der Waals surface area contributed by atoms with E-state index in [1.165, 1.54) is 31.2 Å². The van der Waals surface area contributed by atoms with E-state index >= 15 is 0 Å². The van der Waals surface area contributed by atoms with E-state index in [9.17, 15) is 0 Å². The normalized spacial score (nSPS) is 15.9. The SMILES string of the molecule is Cc1cn(N=Cc2cccc(COC3CCCC3)c2)c(N)n1. The highest BCUT2D eigenvalue weighted by Gasteiger charge is 2.15. The lowest BCUT2D eigenvalue weighted by Crippen LogP contribution is -2.07. The molecular weight excluding hydrogens is 276 g/mol. The van der Waals surface area contributed by atoms with E-state index in [0.717, 1.165) is 11.3 Å². The molecule has 5 heteroatoms. The van der Waals surface area contributed by atoms with Gasteiger partial charge in [-0.3, -0.25) is 0 Å². The number of imidazole rings is 1. The summed E-state index contributed by atoms with van der Waals surface area (Å²) >= 11 is 0. The molecule has 0 saturated heterocycles. The van der Waals surface area contributed by atoms with Gasteiger partial charge in [-0.15, -0.1) is 0 Å². The van der Waals surface area contributed by atoms with Crippen molar-refractivity contribution in [2.24, 2.45) is 5.10 Å². The number of nitrogens with zero attached hydrogens (tertiary/aromatic N) is 3. The first-order valence-electron chi connectivity index (χ1n) is 7.77. The van der Waals surface area contributed by atoms with Crippen LogP contribution in [0.1, 0.15) is 42.5 Å². The predicted molar refractivity (Wildman–Crippen MR) is 87.9 cm³/mol. The summed E-state index contributed by atoms with van der Waals surface area (Å²) < 4.78 is 7.53. The molecule has 0 atom stereocenters. The minimum Gasteiger partial charge on any atom is -0.374 e. The van der Waals surface area contributed by atoms with Crippen LogP contribution in [0.15, 0.2) is 35.6 Å². The highest BCUT2D eigenvalue weighted by atomic mass is 16.5. The molecule has 3 rings (SSSR count). The summed E-state index contributed by atoms with van der Waals surface area (Å²) in [5.41, 5.74) is 8.82. The van der Waals surface area contributed by atoms with Crippen LogP contribution in [-0.2, 0) is 11.3 Å². The number of nitrogens with two attached hydrogens (primary N) is 1. The molecule has 0 spiro atoms. The summed E-state index contributed by atoms with van der Waals surface area (Å²) in [5.74, 6) is 0.398. The van der Waals surface area contributed by atoms with Crippen LogP contribution in [0.3, 0.4) is 0 Å². The Kier molecular flexibility index (Phi) is 4.53. The third-order valence-electron chi connectivity index (χ3n) is 3.90. The van der Waals surface area contributed by atoms with Gasteiger partial charge in [-0.05, 0) is 37.0 Å². The lowest BCUT2D eigenvalue weighted by atomic mass is 10.1. The summed E-state index contributed by atoms with van der Waals surface area (Å²) in [6.07, 6.45) is 9.01. The first kappa shape index (κ1) is 14.8. The van der Waals surface area contributed by atoms with E-state index < -0.39 is 0 Å². The monoisotopic (exact) mass is 298 g/mol. The second-order valence-electron chi connectivity index (χ2n) is 5.79. The molecule has 1 aliphatic carbocycles. The minimum atomic E-state index is 0.398. The second kappa shape index (κ2) is 6.75. The van der Waals surface area contributed by atoms with E-state index in [1.807, 2.05) is 19.1 Å². The number of aromatic nitrogens is 2. The van der Waals surface area contributed by atoms with Gasteiger partial charge in [-0.1, -0.05) is 31.0 Å². The van der Waals surface area contributed by atoms with Crippen LogP contribution < -0.4 is 5.73 Å². The fraction of sp³-hybridized carbons (Fsp3) is 0.412. The molecule has 1 aromatic carbocycles. The van der Waals surface area contributed by atoms with E-state index in [1.54, 1.807) is 17.1 Å². The van der Waals surface area contributed by atoms with Crippen molar-refractivity contribution >= 4 is 12.2 Å². The van der Waals surface area contributed by atoms with Gasteiger partial charge in [0.05, 0.1) is 30.8 Å². The Balaban J connectivity index is 1.64. The molecule has 22 heavy (non-hydrogen) atoms. The van der Waals surface area contributed by atoms with E-state index in [4.69, 9.17) is 10.5 Å². The number of aryl methyl sites for hydroxylation is 1. The van der Waals surface area contributed by atoms with Gasteiger partial charge in [0.15, 0.2) is 0 Å². The standard InChI is InChI=1S/C17H22N4O/c1-13-11-21(17(18)20-13)19-10-14-5-4-6-15(9-14)12-22-16-7-2-3-8-16/h4-6,9-11,16H,2-3,7-8,12H2,1H3,(H2,18,20). The fourth-order valence-corrected chi connectivity index (χ4v) is 2.76. The molecule has 0 radical (unpaired) electrons. The lowest BCUT2D eigenvalue weighted by Gasteiger charge is -2.11. The zero-order valence-electron chi connectivity index (χ0n) is 12.9. The van der Waals surface area contributed by atoms with Crippen LogP contribution in [0, 0.1) is 6.92 Å². The maximum atomic E-state index is 5.95. The molecular formula is C17H22N4O.